The minimum Gasteiger partial charge on any atom is -0.316 e. The molecule has 1 fully saturated rings. The number of hydrogen-bond acceptors (Lipinski definition) is 2. The molecule has 1 heterocycles. The Bertz CT molecular complexity index is 360. The van der Waals surface area contributed by atoms with Crippen molar-refractivity contribution in [3.63, 3.8) is 0 Å². The first-order chi connectivity index (χ1) is 8.63. The Morgan fingerprint density at radius 1 is 1.22 bits per heavy atom. The van der Waals surface area contributed by atoms with Crippen LogP contribution in [-0.2, 0) is 6.54 Å². The minimum absolute atomic E-state index is 0.828. The van der Waals surface area contributed by atoms with Crippen LogP contribution in [0.3, 0.4) is 0 Å². The average Bonchev–Trinajstić information content (AvgIpc) is 2.28. The van der Waals surface area contributed by atoms with Crippen molar-refractivity contribution in [2.24, 2.45) is 5.92 Å². The lowest BCUT2D eigenvalue weighted by Gasteiger charge is -2.27. The topological polar surface area (TPSA) is 15.3 Å². The fraction of sp³-hybridized carbons (Fsp3) is 0.625. The van der Waals surface area contributed by atoms with Gasteiger partial charge < -0.3 is 10.2 Å². The smallest absolute Gasteiger partial charge is 0.0231 e. The summed E-state index contributed by atoms with van der Waals surface area (Å²) in [4.78, 5) is 2.46. The van der Waals surface area contributed by atoms with Crippen LogP contribution in [0.5, 0.6) is 0 Å². The molecule has 0 aliphatic carbocycles. The van der Waals surface area contributed by atoms with Crippen molar-refractivity contribution in [3.8, 4) is 0 Å². The van der Waals surface area contributed by atoms with Crippen molar-refractivity contribution in [3.05, 3.63) is 34.9 Å². The van der Waals surface area contributed by atoms with E-state index in [0.29, 0.717) is 0 Å². The van der Waals surface area contributed by atoms with E-state index in [-0.39, 0.29) is 0 Å². The molecule has 1 atom stereocenters. The van der Waals surface area contributed by atoms with Gasteiger partial charge in [-0.3, -0.25) is 0 Å². The van der Waals surface area contributed by atoms with Crippen LogP contribution in [-0.4, -0.2) is 31.6 Å². The lowest BCUT2D eigenvalue weighted by Crippen LogP contribution is -2.36. The number of hydrogen-bond donors (Lipinski definition) is 1. The number of benzene rings is 1. The van der Waals surface area contributed by atoms with Crippen molar-refractivity contribution >= 4 is 0 Å². The van der Waals surface area contributed by atoms with E-state index >= 15 is 0 Å². The molecule has 100 valence electrons. The Morgan fingerprint density at radius 3 is 2.56 bits per heavy atom. The molecule has 2 nitrogen and oxygen atoms in total. The lowest BCUT2D eigenvalue weighted by molar-refractivity contribution is 0.237. The third-order valence-electron chi connectivity index (χ3n) is 3.70. The van der Waals surface area contributed by atoms with E-state index in [2.05, 4.69) is 49.3 Å². The van der Waals surface area contributed by atoms with Crippen molar-refractivity contribution in [1.82, 2.24) is 10.2 Å². The first-order valence-corrected chi connectivity index (χ1v) is 7.10. The Kier molecular flexibility index (Phi) is 4.79. The second kappa shape index (κ2) is 6.35. The standard InChI is InChI=1S/C16H26N2/c1-13-7-14(2)9-16(8-13)12-18(3)11-15-5-4-6-17-10-15/h7-9,15,17H,4-6,10-12H2,1-3H3. The molecule has 0 spiro atoms. The number of aryl methyl sites for hydroxylation is 2. The molecule has 0 bridgehead atoms. The second-order valence-electron chi connectivity index (χ2n) is 5.91. The molecule has 1 aliphatic heterocycles. The predicted octanol–water partition coefficient (Wildman–Crippen LogP) is 2.73. The highest BCUT2D eigenvalue weighted by atomic mass is 15.1. The van der Waals surface area contributed by atoms with Crippen molar-refractivity contribution in [2.45, 2.75) is 33.2 Å². The quantitative estimate of drug-likeness (QED) is 0.879. The summed E-state index contributed by atoms with van der Waals surface area (Å²) in [6.07, 6.45) is 2.71. The summed E-state index contributed by atoms with van der Waals surface area (Å²) in [6, 6.07) is 6.86. The van der Waals surface area contributed by atoms with Gasteiger partial charge in [0.1, 0.15) is 0 Å². The fourth-order valence-corrected chi connectivity index (χ4v) is 3.06. The SMILES string of the molecule is Cc1cc(C)cc(CN(C)CC2CCCNC2)c1. The van der Waals surface area contributed by atoms with Crippen molar-refractivity contribution < 1.29 is 0 Å². The average molecular weight is 246 g/mol. The van der Waals surface area contributed by atoms with Crippen LogP contribution >= 0.6 is 0 Å². The van der Waals surface area contributed by atoms with Crippen molar-refractivity contribution in [1.29, 1.82) is 0 Å². The van der Waals surface area contributed by atoms with E-state index in [1.807, 2.05) is 0 Å². The van der Waals surface area contributed by atoms with E-state index in [1.54, 1.807) is 0 Å². The van der Waals surface area contributed by atoms with Gasteiger partial charge in [-0.1, -0.05) is 29.3 Å². The fourth-order valence-electron chi connectivity index (χ4n) is 3.06. The monoisotopic (exact) mass is 246 g/mol. The van der Waals surface area contributed by atoms with E-state index in [0.717, 1.165) is 12.5 Å². The molecule has 2 rings (SSSR count). The molecule has 0 amide bonds. The van der Waals surface area contributed by atoms with E-state index in [1.165, 1.54) is 49.2 Å². The summed E-state index contributed by atoms with van der Waals surface area (Å²) in [7, 11) is 2.24. The van der Waals surface area contributed by atoms with E-state index in [4.69, 9.17) is 0 Å². The molecular formula is C16H26N2. The van der Waals surface area contributed by atoms with Gasteiger partial charge in [-0.25, -0.2) is 0 Å². The summed E-state index contributed by atoms with van der Waals surface area (Å²) in [6.45, 7) is 9.04. The normalized spacial score (nSPS) is 20.3. The van der Waals surface area contributed by atoms with Crippen LogP contribution in [0.2, 0.25) is 0 Å². The van der Waals surface area contributed by atoms with E-state index in [9.17, 15) is 0 Å². The van der Waals surface area contributed by atoms with Gasteiger partial charge in [-0.2, -0.15) is 0 Å². The highest BCUT2D eigenvalue weighted by molar-refractivity contribution is 5.28. The number of nitrogens with one attached hydrogen (secondary N) is 1. The van der Waals surface area contributed by atoms with Crippen LogP contribution in [0.1, 0.15) is 29.5 Å². The number of rotatable bonds is 4. The van der Waals surface area contributed by atoms with Gasteiger partial charge in [0.25, 0.3) is 0 Å². The Morgan fingerprint density at radius 2 is 1.94 bits per heavy atom. The molecule has 2 heteroatoms. The Hall–Kier alpha value is -0.860. The Labute approximate surface area is 111 Å². The zero-order chi connectivity index (χ0) is 13.0. The summed E-state index contributed by atoms with van der Waals surface area (Å²) >= 11 is 0. The largest absolute Gasteiger partial charge is 0.316 e. The van der Waals surface area contributed by atoms with E-state index < -0.39 is 0 Å². The highest BCUT2D eigenvalue weighted by Crippen LogP contribution is 2.14. The molecule has 1 aliphatic rings. The summed E-state index contributed by atoms with van der Waals surface area (Å²) in [5.74, 6) is 0.828. The van der Waals surface area contributed by atoms with Gasteiger partial charge >= 0.3 is 0 Å². The van der Waals surface area contributed by atoms with Crippen LogP contribution in [0.15, 0.2) is 18.2 Å². The predicted molar refractivity (Wildman–Crippen MR) is 77.8 cm³/mol. The van der Waals surface area contributed by atoms with Crippen LogP contribution < -0.4 is 5.32 Å². The van der Waals surface area contributed by atoms with Gasteiger partial charge in [0.2, 0.25) is 0 Å². The molecule has 1 N–H and O–H groups in total. The summed E-state index contributed by atoms with van der Waals surface area (Å²) in [5.41, 5.74) is 4.19. The zero-order valence-corrected chi connectivity index (χ0v) is 12.0. The second-order valence-corrected chi connectivity index (χ2v) is 5.91. The van der Waals surface area contributed by atoms with Gasteiger partial charge in [-0.05, 0) is 58.3 Å². The first kappa shape index (κ1) is 13.6. The molecule has 1 aromatic carbocycles. The van der Waals surface area contributed by atoms with Crippen molar-refractivity contribution in [2.75, 3.05) is 26.7 Å². The molecule has 18 heavy (non-hydrogen) atoms. The molecule has 1 unspecified atom stereocenters. The lowest BCUT2D eigenvalue weighted by atomic mass is 9.99. The maximum atomic E-state index is 3.50. The van der Waals surface area contributed by atoms with Crippen LogP contribution in [0, 0.1) is 19.8 Å². The molecule has 1 saturated heterocycles. The third-order valence-corrected chi connectivity index (χ3v) is 3.70. The number of piperidine rings is 1. The molecule has 0 radical (unpaired) electrons. The first-order valence-electron chi connectivity index (χ1n) is 7.10. The van der Waals surface area contributed by atoms with Gasteiger partial charge in [0.15, 0.2) is 0 Å². The minimum atomic E-state index is 0.828. The Balaban J connectivity index is 1.87. The highest BCUT2D eigenvalue weighted by Gasteiger charge is 2.15. The zero-order valence-electron chi connectivity index (χ0n) is 12.0. The molecule has 0 saturated carbocycles. The van der Waals surface area contributed by atoms with Gasteiger partial charge in [-0.15, -0.1) is 0 Å². The maximum Gasteiger partial charge on any atom is 0.0231 e. The molecule has 1 aromatic rings. The maximum absolute atomic E-state index is 3.50. The van der Waals surface area contributed by atoms with Gasteiger partial charge in [0, 0.05) is 13.1 Å². The third kappa shape index (κ3) is 4.11. The van der Waals surface area contributed by atoms with Crippen LogP contribution in [0.25, 0.3) is 0 Å². The van der Waals surface area contributed by atoms with Gasteiger partial charge in [0.05, 0.1) is 0 Å². The molecule has 0 aromatic heterocycles. The van der Waals surface area contributed by atoms with Crippen LogP contribution in [0.4, 0.5) is 0 Å². The molecular weight excluding hydrogens is 220 g/mol. The summed E-state index contributed by atoms with van der Waals surface area (Å²) < 4.78 is 0. The summed E-state index contributed by atoms with van der Waals surface area (Å²) in [5, 5.41) is 3.50. The number of nitrogens with zero attached hydrogens (tertiary/aromatic N) is 1.